The zero-order chi connectivity index (χ0) is 47.6. The van der Waals surface area contributed by atoms with Crippen LogP contribution in [-0.4, -0.2) is 17.3 Å². The van der Waals surface area contributed by atoms with Crippen molar-refractivity contribution >= 4 is 68.1 Å². The van der Waals surface area contributed by atoms with Crippen LogP contribution in [0.3, 0.4) is 0 Å². The summed E-state index contributed by atoms with van der Waals surface area (Å²) in [4.78, 5) is 26.0. The van der Waals surface area contributed by atoms with Crippen molar-refractivity contribution in [1.29, 1.82) is 0 Å². The van der Waals surface area contributed by atoms with Crippen LogP contribution < -0.4 is 10.5 Å². The van der Waals surface area contributed by atoms with Gasteiger partial charge in [-0.25, -0.2) is 0 Å². The zero-order valence-electron chi connectivity index (χ0n) is 39.3. The van der Waals surface area contributed by atoms with Crippen molar-refractivity contribution in [2.24, 2.45) is 10.8 Å². The summed E-state index contributed by atoms with van der Waals surface area (Å²) in [6, 6.07) is 60.2. The van der Waals surface area contributed by atoms with Crippen LogP contribution in [0.4, 0.5) is 0 Å². The Morgan fingerprint density at radius 3 is 1.12 bits per heavy atom. The number of hydrogen-bond donors (Lipinski definition) is 2. The summed E-state index contributed by atoms with van der Waals surface area (Å²) in [6.45, 7) is 13.3. The number of carbonyl (C=O) groups excluding carboxylic acids is 2. The van der Waals surface area contributed by atoms with Gasteiger partial charge in [-0.1, -0.05) is 0 Å². The van der Waals surface area contributed by atoms with Gasteiger partial charge in [0.15, 0.2) is 0 Å². The molecule has 0 saturated heterocycles. The summed E-state index contributed by atoms with van der Waals surface area (Å²) < 4.78 is -2.15. The first-order valence-electron chi connectivity index (χ1n) is 23.5. The van der Waals surface area contributed by atoms with Gasteiger partial charge in [0.05, 0.1) is 0 Å². The van der Waals surface area contributed by atoms with E-state index < -0.39 is 38.8 Å². The second kappa shape index (κ2) is 17.3. The van der Waals surface area contributed by atoms with Crippen molar-refractivity contribution in [1.82, 2.24) is 10.5 Å². The van der Waals surface area contributed by atoms with E-state index in [2.05, 4.69) is 234 Å². The number of rotatable bonds is 11. The van der Waals surface area contributed by atoms with Gasteiger partial charge in [-0.3, -0.25) is 0 Å². The molecular formula is C60H54BCl2N2O2Zr. The van der Waals surface area contributed by atoms with Crippen LogP contribution >= 0.6 is 17.0 Å². The van der Waals surface area contributed by atoms with Gasteiger partial charge in [-0.2, -0.15) is 0 Å². The molecule has 0 saturated carbocycles. The summed E-state index contributed by atoms with van der Waals surface area (Å²) in [5.41, 5.74) is 14.2. The van der Waals surface area contributed by atoms with Gasteiger partial charge in [0.2, 0.25) is 0 Å². The number of nitrogens with one attached hydrogen (secondary N) is 2. The Balaban J connectivity index is 1.24. The van der Waals surface area contributed by atoms with Gasteiger partial charge in [0.1, 0.15) is 0 Å². The molecule has 2 unspecified atom stereocenters. The van der Waals surface area contributed by atoms with E-state index in [0.717, 1.165) is 77.9 Å². The molecule has 337 valence electrons. The van der Waals surface area contributed by atoms with E-state index in [-0.39, 0.29) is 0 Å². The Bertz CT molecular complexity index is 3170. The number of halogens is 2. The molecule has 2 N–H and O–H groups in total. The summed E-state index contributed by atoms with van der Waals surface area (Å²) in [5.74, 6) is 0. The predicted octanol–water partition coefficient (Wildman–Crippen LogP) is 15.8. The van der Waals surface area contributed by atoms with Crippen molar-refractivity contribution in [3.63, 3.8) is 0 Å². The molecule has 0 radical (unpaired) electrons. The second-order valence-electron chi connectivity index (χ2n) is 20.6. The SMILES string of the molecule is CC(C)(C)C1=Cc2c(-c3ccccc3-c3cccc4ccccc34)cccc2[CH]1[Zr]([Cl])([Cl])([B](NC=O)NC=O)[CH]1C(C(C)(C)C)=Cc2c(-c3ccccc3-c3cccc4ccccc34)cccc21. The second-order valence-corrected chi connectivity index (χ2v) is 42.0. The molecule has 4 nitrogen and oxygen atoms in total. The minimum atomic E-state index is -6.23. The van der Waals surface area contributed by atoms with E-state index in [0.29, 0.717) is 12.8 Å². The van der Waals surface area contributed by atoms with Gasteiger partial charge >= 0.3 is 412 Å². The predicted molar refractivity (Wildman–Crippen MR) is 286 cm³/mol. The van der Waals surface area contributed by atoms with Crippen LogP contribution in [0.1, 0.15) is 71.0 Å². The van der Waals surface area contributed by atoms with Crippen LogP contribution in [0, 0.1) is 10.8 Å². The number of amides is 2. The number of fused-ring (bicyclic) bond motifs is 4. The molecular weight excluding hydrogens is 954 g/mol. The molecule has 0 fully saturated rings. The maximum atomic E-state index is 13.0. The maximum absolute atomic E-state index is 13.0. The van der Waals surface area contributed by atoms with Crippen LogP contribution in [0.25, 0.3) is 78.2 Å². The van der Waals surface area contributed by atoms with Gasteiger partial charge in [-0.15, -0.1) is 0 Å². The normalized spacial score (nSPS) is 16.3. The topological polar surface area (TPSA) is 58.2 Å². The van der Waals surface area contributed by atoms with E-state index in [9.17, 15) is 9.59 Å². The van der Waals surface area contributed by atoms with E-state index in [4.69, 9.17) is 17.0 Å². The third kappa shape index (κ3) is 7.47. The van der Waals surface area contributed by atoms with Crippen molar-refractivity contribution in [3.8, 4) is 44.5 Å². The van der Waals surface area contributed by atoms with Crippen LogP contribution in [0.5, 0.6) is 0 Å². The fourth-order valence-electron chi connectivity index (χ4n) is 11.6. The molecule has 0 aliphatic heterocycles. The fraction of sp³-hybridized carbons (Fsp3) is 0.167. The third-order valence-electron chi connectivity index (χ3n) is 14.6. The quantitative estimate of drug-likeness (QED) is 0.100. The number of carbonyl (C=O) groups is 2. The van der Waals surface area contributed by atoms with Gasteiger partial charge < -0.3 is 0 Å². The van der Waals surface area contributed by atoms with Crippen LogP contribution in [-0.2, 0) is 25.8 Å². The fourth-order valence-corrected chi connectivity index (χ4v) is 32.6. The van der Waals surface area contributed by atoms with E-state index >= 15 is 0 Å². The van der Waals surface area contributed by atoms with Gasteiger partial charge in [0.25, 0.3) is 0 Å². The molecule has 2 aliphatic carbocycles. The van der Waals surface area contributed by atoms with E-state index in [1.807, 2.05) is 0 Å². The molecule has 0 bridgehead atoms. The van der Waals surface area contributed by atoms with Crippen LogP contribution in [0.15, 0.2) is 181 Å². The zero-order valence-corrected chi connectivity index (χ0v) is 43.2. The molecule has 0 aromatic heterocycles. The van der Waals surface area contributed by atoms with Gasteiger partial charge in [-0.05, 0) is 0 Å². The average Bonchev–Trinajstić information content (AvgIpc) is 3.97. The van der Waals surface area contributed by atoms with Crippen molar-refractivity contribution in [2.45, 2.75) is 48.8 Å². The van der Waals surface area contributed by atoms with Gasteiger partial charge in [0, 0.05) is 0 Å². The average molecular weight is 1010 g/mol. The molecule has 2 amide bonds. The first-order chi connectivity index (χ1) is 32.6. The molecule has 8 aromatic rings. The van der Waals surface area contributed by atoms with E-state index in [1.165, 1.54) is 21.5 Å². The first kappa shape index (κ1) is 46.0. The summed E-state index contributed by atoms with van der Waals surface area (Å²) in [7, 11) is 18.0. The number of benzene rings is 8. The molecule has 0 spiro atoms. The Labute approximate surface area is 408 Å². The van der Waals surface area contributed by atoms with Crippen LogP contribution in [0.2, 0.25) is 0 Å². The first-order valence-corrected chi connectivity index (χ1v) is 34.1. The van der Waals surface area contributed by atoms with Crippen molar-refractivity contribution in [2.75, 3.05) is 0 Å². The molecule has 2 atom stereocenters. The molecule has 2 aliphatic rings. The Hall–Kier alpha value is -5.77. The monoisotopic (exact) mass is 1010 g/mol. The number of allylic oxidation sites excluding steroid dienone is 2. The Morgan fingerprint density at radius 2 is 0.735 bits per heavy atom. The standard InChI is InChI=1S/2C29H25.C2H3BN2O2.2ClH.Zr/c2*1-29(2,3)22-18-21-12-9-17-27(28(21)19-22)26-15-7-6-14-25(26)24-16-8-11-20-10-4-5-13-23(20)24;6-1-4-3-5-2-7;;;/h2*4-19H,1-3H3;1-2H,(H-,4,5,6,7);2*1H;/q;;;;;+1/p-1. The summed E-state index contributed by atoms with van der Waals surface area (Å²) in [6.07, 6.45) is 5.91. The minimum absolute atomic E-state index is 0.436. The summed E-state index contributed by atoms with van der Waals surface area (Å²) in [5, 5.41) is 10.8. The molecule has 10 rings (SSSR count). The van der Waals surface area contributed by atoms with Crippen molar-refractivity contribution in [3.05, 3.63) is 203 Å². The number of hydrogen-bond acceptors (Lipinski definition) is 2. The third-order valence-corrected chi connectivity index (χ3v) is 34.3. The Kier molecular flexibility index (Phi) is 11.7. The van der Waals surface area contributed by atoms with Crippen molar-refractivity contribution < 1.29 is 25.8 Å². The molecule has 68 heavy (non-hydrogen) atoms. The molecule has 8 heteroatoms. The summed E-state index contributed by atoms with van der Waals surface area (Å²) >= 11 is -6.23. The van der Waals surface area contributed by atoms with E-state index in [1.54, 1.807) is 0 Å². The molecule has 0 heterocycles. The molecule has 8 aromatic carbocycles. The Morgan fingerprint density at radius 1 is 0.426 bits per heavy atom.